The van der Waals surface area contributed by atoms with Gasteiger partial charge in [0, 0.05) is 30.9 Å². The smallest absolute Gasteiger partial charge is 0.333 e. The Morgan fingerprint density at radius 1 is 0.964 bits per heavy atom. The van der Waals surface area contributed by atoms with Crippen molar-refractivity contribution in [3.8, 4) is 22.6 Å². The Bertz CT molecular complexity index is 969. The molecule has 28 heavy (non-hydrogen) atoms. The molecule has 1 saturated heterocycles. The summed E-state index contributed by atoms with van der Waals surface area (Å²) >= 11 is 0. The molecule has 1 fully saturated rings. The predicted octanol–water partition coefficient (Wildman–Crippen LogP) is 5.37. The third-order valence-electron chi connectivity index (χ3n) is 5.15. The predicted molar refractivity (Wildman–Crippen MR) is 104 cm³/mol. The first kappa shape index (κ1) is 18.7. The zero-order valence-corrected chi connectivity index (χ0v) is 15.7. The molecule has 0 N–H and O–H groups in total. The van der Waals surface area contributed by atoms with Crippen molar-refractivity contribution in [1.82, 2.24) is 14.5 Å². The van der Waals surface area contributed by atoms with Crippen molar-refractivity contribution in [2.24, 2.45) is 7.05 Å². The number of aryl methyl sites for hydroxylation is 1. The molecule has 0 atom stereocenters. The van der Waals surface area contributed by atoms with Crippen LogP contribution in [0.2, 0.25) is 0 Å². The molecule has 1 aliphatic rings. The average Bonchev–Trinajstić information content (AvgIpc) is 3.31. The molecule has 1 aromatic heterocycles. The van der Waals surface area contributed by atoms with E-state index in [1.807, 2.05) is 23.7 Å². The molecule has 3 aromatic rings. The second-order valence-corrected chi connectivity index (χ2v) is 7.32. The van der Waals surface area contributed by atoms with Crippen LogP contribution in [0.4, 0.5) is 13.2 Å². The van der Waals surface area contributed by atoms with Crippen LogP contribution in [0.25, 0.3) is 22.6 Å². The van der Waals surface area contributed by atoms with Gasteiger partial charge in [0.15, 0.2) is 0 Å². The molecular weight excluding hydrogens is 363 g/mol. The standard InChI is InChI=1S/C22H22F3N3/c1-27-15-20(17-7-5-9-19(13-17)22(23,24)25)26-21(27)18-8-4-6-16(12-18)14-28-10-2-3-11-28/h4-9,12-13,15H,2-3,10-11,14H2,1H3. The Kier molecular flexibility index (Phi) is 4.98. The third kappa shape index (κ3) is 3.97. The maximum absolute atomic E-state index is 13.0. The first-order valence-corrected chi connectivity index (χ1v) is 9.43. The van der Waals surface area contributed by atoms with E-state index < -0.39 is 11.7 Å². The summed E-state index contributed by atoms with van der Waals surface area (Å²) in [5.41, 5.74) is 2.53. The Balaban J connectivity index is 1.63. The van der Waals surface area contributed by atoms with Crippen LogP contribution in [0.3, 0.4) is 0 Å². The lowest BCUT2D eigenvalue weighted by molar-refractivity contribution is -0.137. The second kappa shape index (κ2) is 7.43. The molecule has 146 valence electrons. The number of imidazole rings is 1. The molecule has 6 heteroatoms. The highest BCUT2D eigenvalue weighted by atomic mass is 19.4. The van der Waals surface area contributed by atoms with E-state index in [0.29, 0.717) is 11.3 Å². The average molecular weight is 385 g/mol. The normalized spacial score (nSPS) is 15.3. The van der Waals surface area contributed by atoms with Gasteiger partial charge in [-0.3, -0.25) is 4.90 Å². The van der Waals surface area contributed by atoms with Gasteiger partial charge < -0.3 is 4.57 Å². The van der Waals surface area contributed by atoms with E-state index in [2.05, 4.69) is 22.0 Å². The summed E-state index contributed by atoms with van der Waals surface area (Å²) in [6.45, 7) is 3.18. The molecule has 0 unspecified atom stereocenters. The summed E-state index contributed by atoms with van der Waals surface area (Å²) in [5.74, 6) is 0.746. The summed E-state index contributed by atoms with van der Waals surface area (Å²) < 4.78 is 40.9. The Morgan fingerprint density at radius 3 is 2.43 bits per heavy atom. The zero-order valence-electron chi connectivity index (χ0n) is 15.7. The summed E-state index contributed by atoms with van der Waals surface area (Å²) in [7, 11) is 1.87. The molecule has 0 radical (unpaired) electrons. The maximum atomic E-state index is 13.0. The molecule has 0 spiro atoms. The van der Waals surface area contributed by atoms with E-state index in [0.717, 1.165) is 43.2 Å². The number of hydrogen-bond donors (Lipinski definition) is 0. The number of hydrogen-bond acceptors (Lipinski definition) is 2. The van der Waals surface area contributed by atoms with Crippen molar-refractivity contribution in [2.75, 3.05) is 13.1 Å². The lowest BCUT2D eigenvalue weighted by Gasteiger charge is -2.15. The van der Waals surface area contributed by atoms with Gasteiger partial charge in [-0.1, -0.05) is 30.3 Å². The molecule has 2 aromatic carbocycles. The largest absolute Gasteiger partial charge is 0.416 e. The SMILES string of the molecule is Cn1cc(-c2cccc(C(F)(F)F)c2)nc1-c1cccc(CN2CCCC2)c1. The van der Waals surface area contributed by atoms with Gasteiger partial charge in [-0.15, -0.1) is 0 Å². The van der Waals surface area contributed by atoms with Crippen LogP contribution in [0, 0.1) is 0 Å². The van der Waals surface area contributed by atoms with Gasteiger partial charge in [0.25, 0.3) is 0 Å². The molecule has 1 aliphatic heterocycles. The van der Waals surface area contributed by atoms with Crippen LogP contribution in [-0.2, 0) is 19.8 Å². The number of halogens is 3. The van der Waals surface area contributed by atoms with Crippen molar-refractivity contribution in [1.29, 1.82) is 0 Å². The van der Waals surface area contributed by atoms with Crippen molar-refractivity contribution in [2.45, 2.75) is 25.6 Å². The van der Waals surface area contributed by atoms with Crippen molar-refractivity contribution in [3.63, 3.8) is 0 Å². The minimum atomic E-state index is -4.36. The monoisotopic (exact) mass is 385 g/mol. The van der Waals surface area contributed by atoms with E-state index in [-0.39, 0.29) is 0 Å². The third-order valence-corrected chi connectivity index (χ3v) is 5.15. The van der Waals surface area contributed by atoms with E-state index in [4.69, 9.17) is 0 Å². The van der Waals surface area contributed by atoms with E-state index >= 15 is 0 Å². The van der Waals surface area contributed by atoms with Gasteiger partial charge >= 0.3 is 6.18 Å². The molecule has 0 bridgehead atoms. The van der Waals surface area contributed by atoms with Crippen LogP contribution in [0.1, 0.15) is 24.0 Å². The molecule has 2 heterocycles. The van der Waals surface area contributed by atoms with Gasteiger partial charge in [0.2, 0.25) is 0 Å². The first-order valence-electron chi connectivity index (χ1n) is 9.43. The van der Waals surface area contributed by atoms with Crippen LogP contribution >= 0.6 is 0 Å². The summed E-state index contributed by atoms with van der Waals surface area (Å²) in [4.78, 5) is 7.06. The number of alkyl halides is 3. The molecule has 4 rings (SSSR count). The topological polar surface area (TPSA) is 21.1 Å². The Morgan fingerprint density at radius 2 is 1.68 bits per heavy atom. The zero-order chi connectivity index (χ0) is 19.7. The maximum Gasteiger partial charge on any atom is 0.416 e. The number of likely N-dealkylation sites (tertiary alicyclic amines) is 1. The fourth-order valence-corrected chi connectivity index (χ4v) is 3.74. The van der Waals surface area contributed by atoms with Gasteiger partial charge in [0.1, 0.15) is 5.82 Å². The Labute approximate surface area is 162 Å². The highest BCUT2D eigenvalue weighted by Crippen LogP contribution is 2.32. The summed E-state index contributed by atoms with van der Waals surface area (Å²) in [6, 6.07) is 13.5. The van der Waals surface area contributed by atoms with Crippen LogP contribution < -0.4 is 0 Å². The lowest BCUT2D eigenvalue weighted by atomic mass is 10.1. The Hall–Kier alpha value is -2.60. The highest BCUT2D eigenvalue weighted by molar-refractivity contribution is 5.66. The van der Waals surface area contributed by atoms with Crippen molar-refractivity contribution >= 4 is 0 Å². The van der Waals surface area contributed by atoms with Gasteiger partial charge in [0.05, 0.1) is 11.3 Å². The van der Waals surface area contributed by atoms with Gasteiger partial charge in [-0.05, 0) is 49.7 Å². The van der Waals surface area contributed by atoms with Crippen molar-refractivity contribution in [3.05, 3.63) is 65.9 Å². The quantitative estimate of drug-likeness (QED) is 0.602. The molecule has 0 saturated carbocycles. The molecule has 3 nitrogen and oxygen atoms in total. The van der Waals surface area contributed by atoms with Gasteiger partial charge in [-0.2, -0.15) is 13.2 Å². The minimum Gasteiger partial charge on any atom is -0.333 e. The minimum absolute atomic E-state index is 0.463. The fourth-order valence-electron chi connectivity index (χ4n) is 3.74. The van der Waals surface area contributed by atoms with Crippen LogP contribution in [-0.4, -0.2) is 27.5 Å². The number of rotatable bonds is 4. The summed E-state index contributed by atoms with van der Waals surface area (Å²) in [6.07, 6.45) is -0.0890. The van der Waals surface area contributed by atoms with Gasteiger partial charge in [-0.25, -0.2) is 4.98 Å². The number of nitrogens with zero attached hydrogens (tertiary/aromatic N) is 3. The second-order valence-electron chi connectivity index (χ2n) is 7.32. The van der Waals surface area contributed by atoms with Crippen LogP contribution in [0.5, 0.6) is 0 Å². The highest BCUT2D eigenvalue weighted by Gasteiger charge is 2.30. The molecule has 0 aliphatic carbocycles. The van der Waals surface area contributed by atoms with E-state index in [1.54, 1.807) is 12.3 Å². The number of benzene rings is 2. The first-order chi connectivity index (χ1) is 13.4. The fraction of sp³-hybridized carbons (Fsp3) is 0.318. The lowest BCUT2D eigenvalue weighted by Crippen LogP contribution is -2.18. The summed E-state index contributed by atoms with van der Waals surface area (Å²) in [5, 5.41) is 0. The molecule has 0 amide bonds. The van der Waals surface area contributed by atoms with E-state index in [9.17, 15) is 13.2 Å². The van der Waals surface area contributed by atoms with E-state index in [1.165, 1.54) is 24.5 Å². The number of aromatic nitrogens is 2. The molecular formula is C22H22F3N3. The van der Waals surface area contributed by atoms with Crippen molar-refractivity contribution < 1.29 is 13.2 Å². The van der Waals surface area contributed by atoms with Crippen LogP contribution in [0.15, 0.2) is 54.7 Å².